The van der Waals surface area contributed by atoms with E-state index in [-0.39, 0.29) is 42.7 Å². The maximum atomic E-state index is 13.4. The number of piperidine rings is 2. The third-order valence-corrected chi connectivity index (χ3v) is 8.24. The molecule has 42 heavy (non-hydrogen) atoms. The summed E-state index contributed by atoms with van der Waals surface area (Å²) in [6.07, 6.45) is 1.07. The lowest BCUT2D eigenvalue weighted by Crippen LogP contribution is -2.54. The lowest BCUT2D eigenvalue weighted by atomic mass is 9.95. The molecule has 0 aliphatic carbocycles. The largest absolute Gasteiger partial charge is 0.445 e. The number of carbonyl (C=O) groups is 5. The minimum atomic E-state index is -1.01. The molecule has 0 bridgehead atoms. The Hall–Kier alpha value is -4.41. The van der Waals surface area contributed by atoms with Gasteiger partial charge in [0.15, 0.2) is 0 Å². The van der Waals surface area contributed by atoms with Gasteiger partial charge in [-0.25, -0.2) is 4.79 Å². The summed E-state index contributed by atoms with van der Waals surface area (Å²) in [5.74, 6) is -1.81. The van der Waals surface area contributed by atoms with E-state index >= 15 is 0 Å². The summed E-state index contributed by atoms with van der Waals surface area (Å²) in [5.41, 5.74) is 5.32. The quantitative estimate of drug-likeness (QED) is 0.425. The number of amides is 5. The Labute approximate surface area is 244 Å². The summed E-state index contributed by atoms with van der Waals surface area (Å²) in [4.78, 5) is 65.9. The molecular formula is C31H37N5O6. The molecule has 1 atom stereocenters. The number of aryl methyl sites for hydroxylation is 1. The van der Waals surface area contributed by atoms with Crippen LogP contribution in [0.4, 0.5) is 16.2 Å². The minimum absolute atomic E-state index is 0.0292. The molecule has 0 radical (unpaired) electrons. The van der Waals surface area contributed by atoms with E-state index in [2.05, 4.69) is 35.9 Å². The van der Waals surface area contributed by atoms with Crippen molar-refractivity contribution >= 4 is 41.1 Å². The maximum Gasteiger partial charge on any atom is 0.410 e. The van der Waals surface area contributed by atoms with Crippen LogP contribution in [-0.4, -0.2) is 71.7 Å². The monoisotopic (exact) mass is 575 g/mol. The molecule has 11 heteroatoms. The van der Waals surface area contributed by atoms with E-state index < -0.39 is 29.7 Å². The lowest BCUT2D eigenvalue weighted by molar-refractivity contribution is -0.136. The Morgan fingerprint density at radius 3 is 2.48 bits per heavy atom. The summed E-state index contributed by atoms with van der Waals surface area (Å²) in [5, 5.41) is 8.86. The van der Waals surface area contributed by atoms with E-state index in [1.807, 2.05) is 20.0 Å². The zero-order valence-electron chi connectivity index (χ0n) is 24.4. The molecule has 2 fully saturated rings. The summed E-state index contributed by atoms with van der Waals surface area (Å²) in [6.45, 7) is 7.47. The highest BCUT2D eigenvalue weighted by Crippen LogP contribution is 2.34. The first-order chi connectivity index (χ1) is 20.1. The second-order valence-electron chi connectivity index (χ2n) is 11.4. The fourth-order valence-corrected chi connectivity index (χ4v) is 6.07. The number of likely N-dealkylation sites (tertiary alicyclic amines) is 1. The minimum Gasteiger partial charge on any atom is -0.445 e. The summed E-state index contributed by atoms with van der Waals surface area (Å²) in [6, 6.07) is 8.08. The number of hydrogen-bond acceptors (Lipinski definition) is 8. The average Bonchev–Trinajstić information content (AvgIpc) is 3.22. The molecule has 2 aromatic carbocycles. The Morgan fingerprint density at radius 1 is 1.07 bits per heavy atom. The van der Waals surface area contributed by atoms with Gasteiger partial charge in [0.2, 0.25) is 11.8 Å². The van der Waals surface area contributed by atoms with Crippen molar-refractivity contribution in [3.8, 4) is 0 Å². The standard InChI is InChI=1S/C31H37N5O6/c1-17(2)22-15-19(14-18(3)27(22)32-4)16-42-31(41)35-12-10-20(11-13-35)33-23-7-5-6-21-26(23)30(40)36(29(21)39)24-8-9-25(37)34-28(24)38/h5-7,14-15,17,20,24,32-33H,8-13,16H2,1-4H3,(H,34,37,38). The van der Waals surface area contributed by atoms with E-state index in [0.717, 1.165) is 21.7 Å². The summed E-state index contributed by atoms with van der Waals surface area (Å²) in [7, 11) is 1.91. The highest BCUT2D eigenvalue weighted by atomic mass is 16.6. The average molecular weight is 576 g/mol. The van der Waals surface area contributed by atoms with Crippen LogP contribution in [-0.2, 0) is 20.9 Å². The number of imide groups is 2. The van der Waals surface area contributed by atoms with E-state index in [4.69, 9.17) is 4.74 Å². The zero-order chi connectivity index (χ0) is 30.1. The number of rotatable bonds is 7. The molecule has 5 rings (SSSR count). The molecular weight excluding hydrogens is 538 g/mol. The number of anilines is 2. The first-order valence-corrected chi connectivity index (χ1v) is 14.4. The van der Waals surface area contributed by atoms with Gasteiger partial charge < -0.3 is 20.3 Å². The highest BCUT2D eigenvalue weighted by molar-refractivity contribution is 6.25. The lowest BCUT2D eigenvalue weighted by Gasteiger charge is -2.32. The van der Waals surface area contributed by atoms with Gasteiger partial charge in [-0.05, 0) is 60.9 Å². The molecule has 0 spiro atoms. The molecule has 3 aliphatic rings. The van der Waals surface area contributed by atoms with Crippen molar-refractivity contribution in [1.29, 1.82) is 0 Å². The van der Waals surface area contributed by atoms with Gasteiger partial charge in [-0.2, -0.15) is 0 Å². The fraction of sp³-hybridized carbons (Fsp3) is 0.452. The van der Waals surface area contributed by atoms with Gasteiger partial charge in [0.05, 0.1) is 11.1 Å². The van der Waals surface area contributed by atoms with E-state index in [0.29, 0.717) is 37.5 Å². The molecule has 0 aromatic heterocycles. The fourth-order valence-electron chi connectivity index (χ4n) is 6.07. The van der Waals surface area contributed by atoms with Crippen molar-refractivity contribution in [2.24, 2.45) is 0 Å². The Kier molecular flexibility index (Phi) is 8.20. The van der Waals surface area contributed by atoms with Crippen LogP contribution in [0, 0.1) is 6.92 Å². The van der Waals surface area contributed by atoms with E-state index in [9.17, 15) is 24.0 Å². The third kappa shape index (κ3) is 5.55. The van der Waals surface area contributed by atoms with Crippen molar-refractivity contribution in [2.75, 3.05) is 30.8 Å². The second-order valence-corrected chi connectivity index (χ2v) is 11.4. The van der Waals surface area contributed by atoms with Gasteiger partial charge in [0, 0.05) is 44.0 Å². The van der Waals surface area contributed by atoms with Crippen molar-refractivity contribution in [2.45, 2.75) is 71.1 Å². The Bertz CT molecular complexity index is 1450. The smallest absolute Gasteiger partial charge is 0.410 e. The number of ether oxygens (including phenoxy) is 1. The number of hydrogen-bond donors (Lipinski definition) is 3. The van der Waals surface area contributed by atoms with Gasteiger partial charge in [-0.1, -0.05) is 32.0 Å². The number of benzene rings is 2. The number of nitrogens with zero attached hydrogens (tertiary/aromatic N) is 2. The van der Waals surface area contributed by atoms with Crippen molar-refractivity contribution in [3.63, 3.8) is 0 Å². The molecule has 3 heterocycles. The highest BCUT2D eigenvalue weighted by Gasteiger charge is 2.45. The molecule has 2 aromatic rings. The normalized spacial score (nSPS) is 19.2. The van der Waals surface area contributed by atoms with Crippen LogP contribution in [0.1, 0.15) is 82.9 Å². The molecule has 1 unspecified atom stereocenters. The SMILES string of the molecule is CNc1c(C)cc(COC(=O)N2CCC(Nc3cccc4c3C(=O)N(C3CCC(=O)NC3=O)C4=O)CC2)cc1C(C)C. The topological polar surface area (TPSA) is 137 Å². The van der Waals surface area contributed by atoms with Crippen LogP contribution in [0.25, 0.3) is 0 Å². The predicted octanol–water partition coefficient (Wildman–Crippen LogP) is 3.77. The molecule has 0 saturated carbocycles. The van der Waals surface area contributed by atoms with Gasteiger partial charge >= 0.3 is 6.09 Å². The molecule has 222 valence electrons. The molecule has 5 amide bonds. The van der Waals surface area contributed by atoms with Crippen molar-refractivity contribution in [3.05, 3.63) is 58.1 Å². The number of nitrogens with one attached hydrogen (secondary N) is 3. The molecule has 3 N–H and O–H groups in total. The van der Waals surface area contributed by atoms with Gasteiger partial charge in [0.1, 0.15) is 12.6 Å². The zero-order valence-corrected chi connectivity index (χ0v) is 24.4. The first-order valence-electron chi connectivity index (χ1n) is 14.4. The van der Waals surface area contributed by atoms with Crippen LogP contribution in [0.2, 0.25) is 0 Å². The molecule has 3 aliphatic heterocycles. The van der Waals surface area contributed by atoms with Crippen molar-refractivity contribution in [1.82, 2.24) is 15.1 Å². The van der Waals surface area contributed by atoms with Crippen LogP contribution < -0.4 is 16.0 Å². The third-order valence-electron chi connectivity index (χ3n) is 8.24. The number of carbonyl (C=O) groups excluding carboxylic acids is 5. The summed E-state index contributed by atoms with van der Waals surface area (Å²) >= 11 is 0. The van der Waals surface area contributed by atoms with Crippen LogP contribution in [0.3, 0.4) is 0 Å². The van der Waals surface area contributed by atoms with Gasteiger partial charge in [-0.3, -0.25) is 29.4 Å². The van der Waals surface area contributed by atoms with Gasteiger partial charge in [-0.15, -0.1) is 0 Å². The predicted molar refractivity (Wildman–Crippen MR) is 156 cm³/mol. The maximum absolute atomic E-state index is 13.4. The van der Waals surface area contributed by atoms with Crippen LogP contribution in [0.5, 0.6) is 0 Å². The Balaban J connectivity index is 1.19. The van der Waals surface area contributed by atoms with Crippen molar-refractivity contribution < 1.29 is 28.7 Å². The molecule has 11 nitrogen and oxygen atoms in total. The summed E-state index contributed by atoms with van der Waals surface area (Å²) < 4.78 is 5.66. The second kappa shape index (κ2) is 11.8. The van der Waals surface area contributed by atoms with E-state index in [1.54, 1.807) is 23.1 Å². The first kappa shape index (κ1) is 29.1. The Morgan fingerprint density at radius 2 is 1.81 bits per heavy atom. The number of fused-ring (bicyclic) bond motifs is 1. The molecule has 2 saturated heterocycles. The van der Waals surface area contributed by atoms with Crippen LogP contribution >= 0.6 is 0 Å². The van der Waals surface area contributed by atoms with E-state index in [1.165, 1.54) is 5.56 Å². The van der Waals surface area contributed by atoms with Gasteiger partial charge in [0.25, 0.3) is 11.8 Å². The van der Waals surface area contributed by atoms with Crippen LogP contribution in [0.15, 0.2) is 30.3 Å².